The van der Waals surface area contributed by atoms with Crippen LogP contribution >= 0.6 is 34.3 Å². The van der Waals surface area contributed by atoms with Gasteiger partial charge in [-0.2, -0.15) is 16.4 Å². The van der Waals surface area contributed by atoms with Gasteiger partial charge in [-0.15, -0.1) is 11.3 Å². The predicted molar refractivity (Wildman–Crippen MR) is 111 cm³/mol. The molecule has 0 saturated carbocycles. The molecule has 0 saturated heterocycles. The van der Waals surface area contributed by atoms with Gasteiger partial charge in [-0.3, -0.25) is 4.79 Å². The van der Waals surface area contributed by atoms with Crippen LogP contribution in [0.2, 0.25) is 5.02 Å². The van der Waals surface area contributed by atoms with Crippen molar-refractivity contribution >= 4 is 46.0 Å². The van der Waals surface area contributed by atoms with Gasteiger partial charge in [-0.05, 0) is 36.1 Å². The second-order valence-corrected chi connectivity index (χ2v) is 8.12. The van der Waals surface area contributed by atoms with Crippen molar-refractivity contribution in [3.05, 3.63) is 74.5 Å². The summed E-state index contributed by atoms with van der Waals surface area (Å²) < 4.78 is 1.75. The third kappa shape index (κ3) is 3.95. The Morgan fingerprint density at radius 3 is 2.78 bits per heavy atom. The van der Waals surface area contributed by atoms with Gasteiger partial charge in [0.15, 0.2) is 0 Å². The molecule has 0 aliphatic rings. The number of nitrogens with zero attached hydrogens (tertiary/aromatic N) is 3. The standard InChI is InChI=1S/C19H15ClN4OS2/c1-12-17(27-19(22-12)14-7-9-26-11-14)18(25)23-16-6-8-21-24(16)10-13-2-4-15(20)5-3-13/h2-9,11H,10H2,1H3,(H,23,25). The van der Waals surface area contributed by atoms with E-state index < -0.39 is 0 Å². The number of rotatable bonds is 5. The summed E-state index contributed by atoms with van der Waals surface area (Å²) in [5, 5.41) is 12.8. The Kier molecular flexibility index (Phi) is 5.07. The highest BCUT2D eigenvalue weighted by molar-refractivity contribution is 7.17. The smallest absolute Gasteiger partial charge is 0.268 e. The van der Waals surface area contributed by atoms with Crippen molar-refractivity contribution in [2.75, 3.05) is 5.32 Å². The number of aromatic nitrogens is 3. The third-order valence-electron chi connectivity index (χ3n) is 3.97. The first-order chi connectivity index (χ1) is 13.1. The number of thiazole rings is 1. The topological polar surface area (TPSA) is 59.8 Å². The van der Waals surface area contributed by atoms with Crippen LogP contribution in [0.15, 0.2) is 53.4 Å². The molecule has 8 heteroatoms. The molecule has 136 valence electrons. The van der Waals surface area contributed by atoms with Crippen LogP contribution in [0.25, 0.3) is 10.6 Å². The number of carbonyl (C=O) groups is 1. The number of benzene rings is 1. The van der Waals surface area contributed by atoms with Crippen LogP contribution in [0.4, 0.5) is 5.82 Å². The van der Waals surface area contributed by atoms with Crippen molar-refractivity contribution in [3.63, 3.8) is 0 Å². The summed E-state index contributed by atoms with van der Waals surface area (Å²) >= 11 is 8.94. The van der Waals surface area contributed by atoms with Gasteiger partial charge in [0.1, 0.15) is 15.7 Å². The lowest BCUT2D eigenvalue weighted by Gasteiger charge is -2.09. The molecule has 4 aromatic rings. The number of anilines is 1. The first kappa shape index (κ1) is 17.9. The lowest BCUT2D eigenvalue weighted by atomic mass is 10.2. The summed E-state index contributed by atoms with van der Waals surface area (Å²) in [5.74, 6) is 0.462. The quantitative estimate of drug-likeness (QED) is 0.480. The maximum absolute atomic E-state index is 12.8. The molecule has 0 fully saturated rings. The SMILES string of the molecule is Cc1nc(-c2ccsc2)sc1C(=O)Nc1ccnn1Cc1ccc(Cl)cc1. The molecule has 5 nitrogen and oxygen atoms in total. The van der Waals surface area contributed by atoms with E-state index in [1.165, 1.54) is 11.3 Å². The maximum atomic E-state index is 12.8. The van der Waals surface area contributed by atoms with Gasteiger partial charge in [0, 0.05) is 22.0 Å². The second-order valence-electron chi connectivity index (χ2n) is 5.90. The van der Waals surface area contributed by atoms with Gasteiger partial charge in [-0.1, -0.05) is 23.7 Å². The number of amides is 1. The Bertz CT molecular complexity index is 1070. The van der Waals surface area contributed by atoms with E-state index in [0.29, 0.717) is 22.3 Å². The monoisotopic (exact) mass is 414 g/mol. The first-order valence-electron chi connectivity index (χ1n) is 8.18. The second kappa shape index (κ2) is 7.64. The van der Waals surface area contributed by atoms with Crippen LogP contribution in [-0.2, 0) is 6.54 Å². The highest BCUT2D eigenvalue weighted by atomic mass is 35.5. The number of thiophene rings is 1. The van der Waals surface area contributed by atoms with Crippen LogP contribution in [-0.4, -0.2) is 20.7 Å². The van der Waals surface area contributed by atoms with E-state index in [1.807, 2.05) is 48.0 Å². The molecule has 0 spiro atoms. The van der Waals surface area contributed by atoms with Crippen LogP contribution in [0.5, 0.6) is 0 Å². The zero-order chi connectivity index (χ0) is 18.8. The minimum atomic E-state index is -0.177. The Labute approximate surface area is 169 Å². The maximum Gasteiger partial charge on any atom is 0.268 e. The predicted octanol–water partition coefficient (Wildman–Crippen LogP) is 5.33. The van der Waals surface area contributed by atoms with Crippen molar-refractivity contribution in [1.82, 2.24) is 14.8 Å². The average molecular weight is 415 g/mol. The Morgan fingerprint density at radius 1 is 1.22 bits per heavy atom. The molecule has 0 bridgehead atoms. The molecule has 4 rings (SSSR count). The molecule has 3 heterocycles. The van der Waals surface area contributed by atoms with Crippen LogP contribution in [0.3, 0.4) is 0 Å². The van der Waals surface area contributed by atoms with E-state index in [9.17, 15) is 4.79 Å². The normalized spacial score (nSPS) is 10.9. The molecule has 3 aromatic heterocycles. The number of nitrogens with one attached hydrogen (secondary N) is 1. The van der Waals surface area contributed by atoms with Crippen molar-refractivity contribution in [1.29, 1.82) is 0 Å². The van der Waals surface area contributed by atoms with Crippen LogP contribution in [0, 0.1) is 6.92 Å². The molecule has 1 aromatic carbocycles. The molecule has 1 amide bonds. The molecular formula is C19H15ClN4OS2. The number of halogens is 1. The summed E-state index contributed by atoms with van der Waals surface area (Å²) in [4.78, 5) is 17.9. The Balaban J connectivity index is 1.52. The Morgan fingerprint density at radius 2 is 2.04 bits per heavy atom. The summed E-state index contributed by atoms with van der Waals surface area (Å²) in [6, 6.07) is 11.3. The van der Waals surface area contributed by atoms with Crippen molar-refractivity contribution in [3.8, 4) is 10.6 Å². The van der Waals surface area contributed by atoms with Gasteiger partial charge < -0.3 is 5.32 Å². The fourth-order valence-corrected chi connectivity index (χ4v) is 4.42. The van der Waals surface area contributed by atoms with E-state index >= 15 is 0 Å². The minimum absolute atomic E-state index is 0.177. The van der Waals surface area contributed by atoms with Gasteiger partial charge in [-0.25, -0.2) is 9.67 Å². The fraction of sp³-hybridized carbons (Fsp3) is 0.105. The zero-order valence-electron chi connectivity index (χ0n) is 14.3. The van der Waals surface area contributed by atoms with E-state index in [0.717, 1.165) is 21.8 Å². The summed E-state index contributed by atoms with van der Waals surface area (Å²) in [6.45, 7) is 2.40. The van der Waals surface area contributed by atoms with E-state index in [1.54, 1.807) is 28.3 Å². The van der Waals surface area contributed by atoms with Crippen molar-refractivity contribution in [2.24, 2.45) is 0 Å². The molecule has 0 aliphatic carbocycles. The summed E-state index contributed by atoms with van der Waals surface area (Å²) in [5.41, 5.74) is 2.81. The lowest BCUT2D eigenvalue weighted by molar-refractivity contribution is 0.102. The van der Waals surface area contributed by atoms with Crippen molar-refractivity contribution < 1.29 is 4.79 Å². The number of carbonyl (C=O) groups excluding carboxylic acids is 1. The van der Waals surface area contributed by atoms with E-state index in [2.05, 4.69) is 15.4 Å². The molecule has 1 N–H and O–H groups in total. The summed E-state index contributed by atoms with van der Waals surface area (Å²) in [6.07, 6.45) is 1.67. The van der Waals surface area contributed by atoms with Crippen LogP contribution < -0.4 is 5.32 Å². The molecule has 27 heavy (non-hydrogen) atoms. The third-order valence-corrected chi connectivity index (χ3v) is 6.12. The Hall–Kier alpha value is -2.48. The number of aryl methyl sites for hydroxylation is 1. The van der Waals surface area contributed by atoms with E-state index in [-0.39, 0.29) is 5.91 Å². The molecular weight excluding hydrogens is 400 g/mol. The van der Waals surface area contributed by atoms with Gasteiger partial charge in [0.2, 0.25) is 0 Å². The van der Waals surface area contributed by atoms with Gasteiger partial charge in [0.05, 0.1) is 18.4 Å². The molecule has 0 atom stereocenters. The molecule has 0 unspecified atom stereocenters. The van der Waals surface area contributed by atoms with Crippen LogP contribution in [0.1, 0.15) is 20.9 Å². The zero-order valence-corrected chi connectivity index (χ0v) is 16.7. The van der Waals surface area contributed by atoms with Gasteiger partial charge >= 0.3 is 0 Å². The average Bonchev–Trinajstić information content (AvgIpc) is 3.38. The summed E-state index contributed by atoms with van der Waals surface area (Å²) in [7, 11) is 0. The number of hydrogen-bond donors (Lipinski definition) is 1. The molecule has 0 radical (unpaired) electrons. The minimum Gasteiger partial charge on any atom is -0.306 e. The van der Waals surface area contributed by atoms with E-state index in [4.69, 9.17) is 11.6 Å². The highest BCUT2D eigenvalue weighted by Gasteiger charge is 2.18. The largest absolute Gasteiger partial charge is 0.306 e. The number of hydrogen-bond acceptors (Lipinski definition) is 5. The highest BCUT2D eigenvalue weighted by Crippen LogP contribution is 2.30. The lowest BCUT2D eigenvalue weighted by Crippen LogP contribution is -2.16. The first-order valence-corrected chi connectivity index (χ1v) is 10.3. The molecule has 0 aliphatic heterocycles. The van der Waals surface area contributed by atoms with Gasteiger partial charge in [0.25, 0.3) is 5.91 Å². The fourth-order valence-electron chi connectivity index (χ4n) is 2.62. The van der Waals surface area contributed by atoms with Crippen molar-refractivity contribution in [2.45, 2.75) is 13.5 Å².